The van der Waals surface area contributed by atoms with E-state index in [-0.39, 0.29) is 42.8 Å². The van der Waals surface area contributed by atoms with E-state index in [1.54, 1.807) is 0 Å². The molecular formula is C17H23ClO7. The van der Waals surface area contributed by atoms with E-state index in [9.17, 15) is 19.5 Å². The number of hydrogen-bond donors (Lipinski definition) is 1. The van der Waals surface area contributed by atoms with Crippen LogP contribution in [0.15, 0.2) is 23.8 Å². The molecule has 0 aromatic carbocycles. The van der Waals surface area contributed by atoms with Crippen molar-refractivity contribution in [2.24, 2.45) is 5.92 Å². The molecule has 1 N–H and O–H groups in total. The predicted octanol–water partition coefficient (Wildman–Crippen LogP) is 1.52. The largest absolute Gasteiger partial charge is 0.460 e. The summed E-state index contributed by atoms with van der Waals surface area (Å²) < 4.78 is 14.8. The molecule has 1 aliphatic carbocycles. The summed E-state index contributed by atoms with van der Waals surface area (Å²) in [6.07, 6.45) is 1.95. The molecule has 0 saturated carbocycles. The maximum Gasteiger partial charge on any atom is 0.334 e. The van der Waals surface area contributed by atoms with Crippen LogP contribution < -0.4 is 0 Å². The molecule has 0 spiro atoms. The Kier molecular flexibility index (Phi) is 9.23. The summed E-state index contributed by atoms with van der Waals surface area (Å²) in [6, 6.07) is 0. The molecule has 1 rings (SSSR count). The second-order valence-corrected chi connectivity index (χ2v) is 5.91. The third-order valence-electron chi connectivity index (χ3n) is 3.66. The van der Waals surface area contributed by atoms with Crippen molar-refractivity contribution in [1.82, 2.24) is 0 Å². The fourth-order valence-electron chi connectivity index (χ4n) is 2.41. The van der Waals surface area contributed by atoms with Crippen LogP contribution in [-0.4, -0.2) is 54.8 Å². The summed E-state index contributed by atoms with van der Waals surface area (Å²) in [7, 11) is 0. The maximum absolute atomic E-state index is 12.3. The van der Waals surface area contributed by atoms with Crippen LogP contribution in [-0.2, 0) is 28.6 Å². The third kappa shape index (κ3) is 6.88. The van der Waals surface area contributed by atoms with Crippen molar-refractivity contribution in [2.75, 3.05) is 25.7 Å². The lowest BCUT2D eigenvalue weighted by atomic mass is 9.84. The van der Waals surface area contributed by atoms with Crippen molar-refractivity contribution in [2.45, 2.75) is 32.3 Å². The van der Waals surface area contributed by atoms with Gasteiger partial charge in [0.1, 0.15) is 25.9 Å². The Balaban J connectivity index is 2.72. The van der Waals surface area contributed by atoms with E-state index in [1.807, 2.05) is 6.92 Å². The highest BCUT2D eigenvalue weighted by atomic mass is 35.5. The molecule has 0 saturated heterocycles. The molecular weight excluding hydrogens is 352 g/mol. The van der Waals surface area contributed by atoms with Crippen molar-refractivity contribution < 1.29 is 33.7 Å². The molecule has 0 aromatic rings. The van der Waals surface area contributed by atoms with Crippen LogP contribution in [0.3, 0.4) is 0 Å². The smallest absolute Gasteiger partial charge is 0.334 e. The van der Waals surface area contributed by atoms with Gasteiger partial charge in [-0.2, -0.15) is 0 Å². The lowest BCUT2D eigenvalue weighted by Gasteiger charge is -2.24. The summed E-state index contributed by atoms with van der Waals surface area (Å²) in [4.78, 5) is 35.4. The lowest BCUT2D eigenvalue weighted by Crippen LogP contribution is -2.27. The molecule has 7 nitrogen and oxygen atoms in total. The summed E-state index contributed by atoms with van der Waals surface area (Å²) in [6.45, 7) is 4.63. The number of carbonyl (C=O) groups excluding carboxylic acids is 3. The van der Waals surface area contributed by atoms with Crippen LogP contribution in [0.1, 0.15) is 26.2 Å². The Morgan fingerprint density at radius 2 is 1.96 bits per heavy atom. The molecule has 1 aliphatic rings. The average molecular weight is 375 g/mol. The number of rotatable bonds is 9. The fourth-order valence-corrected chi connectivity index (χ4v) is 2.50. The van der Waals surface area contributed by atoms with Crippen molar-refractivity contribution in [3.05, 3.63) is 23.8 Å². The van der Waals surface area contributed by atoms with Crippen LogP contribution in [0.25, 0.3) is 0 Å². The molecule has 0 bridgehead atoms. The molecule has 0 heterocycles. The minimum Gasteiger partial charge on any atom is -0.460 e. The number of aliphatic hydroxyl groups is 1. The van der Waals surface area contributed by atoms with Crippen LogP contribution in [0.2, 0.25) is 0 Å². The van der Waals surface area contributed by atoms with Crippen molar-refractivity contribution >= 4 is 29.5 Å². The average Bonchev–Trinajstić information content (AvgIpc) is 2.62. The van der Waals surface area contributed by atoms with Gasteiger partial charge < -0.3 is 19.3 Å². The van der Waals surface area contributed by atoms with Gasteiger partial charge >= 0.3 is 17.9 Å². The highest BCUT2D eigenvalue weighted by Gasteiger charge is 2.31. The third-order valence-corrected chi connectivity index (χ3v) is 4.02. The summed E-state index contributed by atoms with van der Waals surface area (Å²) in [5.74, 6) is -2.10. The number of carbonyl (C=O) groups is 3. The Morgan fingerprint density at radius 1 is 1.28 bits per heavy atom. The van der Waals surface area contributed by atoms with Gasteiger partial charge in [0, 0.05) is 11.6 Å². The SMILES string of the molecule is C=CC(=O)OCCOC(=O)C1=C(C(=O)OCC(O)CCl)CCCC1C. The topological polar surface area (TPSA) is 99.1 Å². The normalized spacial score (nSPS) is 18.3. The van der Waals surface area contributed by atoms with E-state index in [4.69, 9.17) is 25.8 Å². The predicted molar refractivity (Wildman–Crippen MR) is 89.8 cm³/mol. The van der Waals surface area contributed by atoms with Crippen molar-refractivity contribution in [3.63, 3.8) is 0 Å². The van der Waals surface area contributed by atoms with E-state index in [0.717, 1.165) is 18.9 Å². The molecule has 0 aromatic heterocycles. The lowest BCUT2D eigenvalue weighted by molar-refractivity contribution is -0.148. The maximum atomic E-state index is 12.3. The van der Waals surface area contributed by atoms with Gasteiger partial charge in [0.2, 0.25) is 0 Å². The second-order valence-electron chi connectivity index (χ2n) is 5.60. The van der Waals surface area contributed by atoms with Crippen LogP contribution >= 0.6 is 11.6 Å². The zero-order valence-corrected chi connectivity index (χ0v) is 14.9. The van der Waals surface area contributed by atoms with Gasteiger partial charge in [-0.3, -0.25) is 0 Å². The molecule has 140 valence electrons. The number of esters is 3. The minimum atomic E-state index is -0.956. The Morgan fingerprint density at radius 3 is 2.60 bits per heavy atom. The Bertz CT molecular complexity index is 541. The molecule has 0 fully saturated rings. The second kappa shape index (κ2) is 10.9. The van der Waals surface area contributed by atoms with Gasteiger partial charge in [-0.25, -0.2) is 14.4 Å². The van der Waals surface area contributed by atoms with Gasteiger partial charge in [-0.1, -0.05) is 13.5 Å². The quantitative estimate of drug-likeness (QED) is 0.215. The Hall–Kier alpha value is -1.86. The van der Waals surface area contributed by atoms with E-state index < -0.39 is 24.0 Å². The minimum absolute atomic E-state index is 0.0545. The van der Waals surface area contributed by atoms with Gasteiger partial charge in [0.15, 0.2) is 0 Å². The summed E-state index contributed by atoms with van der Waals surface area (Å²) in [5.41, 5.74) is 0.528. The first-order chi connectivity index (χ1) is 11.9. The van der Waals surface area contributed by atoms with E-state index in [0.29, 0.717) is 6.42 Å². The van der Waals surface area contributed by atoms with Crippen molar-refractivity contribution in [3.8, 4) is 0 Å². The molecule has 0 amide bonds. The highest BCUT2D eigenvalue weighted by molar-refractivity contribution is 6.18. The molecule has 8 heteroatoms. The number of halogens is 1. The first-order valence-electron chi connectivity index (χ1n) is 8.01. The van der Waals surface area contributed by atoms with Gasteiger partial charge in [-0.05, 0) is 25.2 Å². The van der Waals surface area contributed by atoms with E-state index in [1.165, 1.54) is 0 Å². The summed E-state index contributed by atoms with van der Waals surface area (Å²) >= 11 is 5.46. The van der Waals surface area contributed by atoms with Crippen LogP contribution in [0.4, 0.5) is 0 Å². The molecule has 0 radical (unpaired) electrons. The first kappa shape index (κ1) is 21.2. The molecule has 2 unspecified atom stereocenters. The highest BCUT2D eigenvalue weighted by Crippen LogP contribution is 2.31. The fraction of sp³-hybridized carbons (Fsp3) is 0.588. The zero-order valence-electron chi connectivity index (χ0n) is 14.2. The van der Waals surface area contributed by atoms with Gasteiger partial charge in [0.05, 0.1) is 11.5 Å². The van der Waals surface area contributed by atoms with E-state index in [2.05, 4.69) is 6.58 Å². The molecule has 2 atom stereocenters. The molecule has 25 heavy (non-hydrogen) atoms. The van der Waals surface area contributed by atoms with E-state index >= 15 is 0 Å². The zero-order chi connectivity index (χ0) is 18.8. The monoisotopic (exact) mass is 374 g/mol. The number of alkyl halides is 1. The van der Waals surface area contributed by atoms with Crippen LogP contribution in [0, 0.1) is 5.92 Å². The Labute approximate surface area is 151 Å². The first-order valence-corrected chi connectivity index (χ1v) is 8.54. The molecule has 0 aliphatic heterocycles. The standard InChI is InChI=1S/C17H23ClO7/c1-3-14(20)23-7-8-24-17(22)15-11(2)5-4-6-13(15)16(21)25-10-12(19)9-18/h3,11-12,19H,1,4-10H2,2H3. The van der Waals surface area contributed by atoms with Crippen LogP contribution in [0.5, 0.6) is 0 Å². The van der Waals surface area contributed by atoms with Crippen molar-refractivity contribution in [1.29, 1.82) is 0 Å². The number of aliphatic hydroxyl groups excluding tert-OH is 1. The number of hydrogen-bond acceptors (Lipinski definition) is 7. The van der Waals surface area contributed by atoms with Gasteiger partial charge in [0.25, 0.3) is 0 Å². The number of ether oxygens (including phenoxy) is 3. The van der Waals surface area contributed by atoms with Gasteiger partial charge in [-0.15, -0.1) is 11.6 Å². The summed E-state index contributed by atoms with van der Waals surface area (Å²) in [5, 5.41) is 9.38.